The molecule has 0 aliphatic rings. The number of nitrogens with two attached hydrogens (primary N) is 1. The van der Waals surface area contributed by atoms with Crippen LogP contribution in [0, 0.1) is 13.8 Å². The van der Waals surface area contributed by atoms with Gasteiger partial charge in [0.15, 0.2) is 5.82 Å². The number of aromatic nitrogens is 5. The Labute approximate surface area is 172 Å². The maximum Gasteiger partial charge on any atom is 0.269 e. The van der Waals surface area contributed by atoms with Gasteiger partial charge in [-0.1, -0.05) is 0 Å². The van der Waals surface area contributed by atoms with Crippen molar-refractivity contribution in [3.8, 4) is 11.5 Å². The molecule has 9 heteroatoms. The molecule has 30 heavy (non-hydrogen) atoms. The SMILES string of the molecule is Cc1cc(C)n(-c2ccc(C(=O)Nc3ccc(-n4ccc(C(N)=O)n4)cc3)cn2)n1. The topological polar surface area (TPSA) is 121 Å². The summed E-state index contributed by atoms with van der Waals surface area (Å²) < 4.78 is 3.27. The molecule has 4 rings (SSSR count). The van der Waals surface area contributed by atoms with Crippen molar-refractivity contribution in [1.29, 1.82) is 0 Å². The lowest BCUT2D eigenvalue weighted by molar-refractivity contribution is 0.0993. The van der Waals surface area contributed by atoms with E-state index in [1.165, 1.54) is 10.9 Å². The number of carbonyl (C=O) groups is 2. The predicted molar refractivity (Wildman–Crippen MR) is 111 cm³/mol. The molecule has 3 aromatic heterocycles. The lowest BCUT2D eigenvalue weighted by Gasteiger charge is -2.08. The Hall–Kier alpha value is -4.27. The van der Waals surface area contributed by atoms with Crippen LogP contribution in [0.4, 0.5) is 5.69 Å². The van der Waals surface area contributed by atoms with Crippen LogP contribution < -0.4 is 11.1 Å². The fourth-order valence-electron chi connectivity index (χ4n) is 3.01. The maximum atomic E-state index is 12.5. The average Bonchev–Trinajstić information content (AvgIpc) is 3.35. The maximum absolute atomic E-state index is 12.5. The van der Waals surface area contributed by atoms with Crippen molar-refractivity contribution in [2.75, 3.05) is 5.32 Å². The van der Waals surface area contributed by atoms with E-state index in [4.69, 9.17) is 5.73 Å². The Morgan fingerprint density at radius 2 is 1.77 bits per heavy atom. The van der Waals surface area contributed by atoms with E-state index in [-0.39, 0.29) is 11.6 Å². The van der Waals surface area contributed by atoms with Gasteiger partial charge in [-0.05, 0) is 62.4 Å². The zero-order valence-corrected chi connectivity index (χ0v) is 16.4. The summed E-state index contributed by atoms with van der Waals surface area (Å²) in [6, 6.07) is 14.0. The second-order valence-electron chi connectivity index (χ2n) is 6.75. The van der Waals surface area contributed by atoms with Gasteiger partial charge in [-0.15, -0.1) is 0 Å². The van der Waals surface area contributed by atoms with Gasteiger partial charge in [-0.2, -0.15) is 10.2 Å². The number of nitrogens with zero attached hydrogens (tertiary/aromatic N) is 5. The summed E-state index contributed by atoms with van der Waals surface area (Å²) in [5.74, 6) is -0.212. The second kappa shape index (κ2) is 7.63. The Morgan fingerprint density at radius 1 is 1.00 bits per heavy atom. The molecule has 0 aliphatic heterocycles. The number of pyridine rings is 1. The number of nitrogens with one attached hydrogen (secondary N) is 1. The van der Waals surface area contributed by atoms with E-state index in [2.05, 4.69) is 20.5 Å². The smallest absolute Gasteiger partial charge is 0.269 e. The normalized spacial score (nSPS) is 10.7. The zero-order chi connectivity index (χ0) is 21.3. The van der Waals surface area contributed by atoms with Crippen LogP contribution in [0.25, 0.3) is 11.5 Å². The fourth-order valence-corrected chi connectivity index (χ4v) is 3.01. The summed E-state index contributed by atoms with van der Waals surface area (Å²) in [7, 11) is 0. The van der Waals surface area contributed by atoms with Crippen molar-refractivity contribution in [1.82, 2.24) is 24.5 Å². The second-order valence-corrected chi connectivity index (χ2v) is 6.75. The van der Waals surface area contributed by atoms with E-state index in [1.54, 1.807) is 53.3 Å². The van der Waals surface area contributed by atoms with Gasteiger partial charge in [0.2, 0.25) is 0 Å². The molecule has 0 atom stereocenters. The average molecular weight is 401 g/mol. The third-order valence-electron chi connectivity index (χ3n) is 4.47. The summed E-state index contributed by atoms with van der Waals surface area (Å²) in [5, 5.41) is 11.3. The molecule has 0 aliphatic carbocycles. The van der Waals surface area contributed by atoms with Gasteiger partial charge < -0.3 is 11.1 Å². The number of carbonyl (C=O) groups excluding carboxylic acids is 2. The summed E-state index contributed by atoms with van der Waals surface area (Å²) in [5.41, 5.74) is 9.06. The number of hydrogen-bond donors (Lipinski definition) is 2. The van der Waals surface area contributed by atoms with E-state index >= 15 is 0 Å². The van der Waals surface area contributed by atoms with Crippen molar-refractivity contribution < 1.29 is 9.59 Å². The molecular formula is C21H19N7O2. The lowest BCUT2D eigenvalue weighted by atomic mass is 10.2. The first-order valence-electron chi connectivity index (χ1n) is 9.18. The van der Waals surface area contributed by atoms with Gasteiger partial charge in [0.1, 0.15) is 5.69 Å². The quantitative estimate of drug-likeness (QED) is 0.532. The molecule has 9 nitrogen and oxygen atoms in total. The largest absolute Gasteiger partial charge is 0.364 e. The number of amides is 2. The first kappa shape index (κ1) is 19.1. The molecule has 0 saturated carbocycles. The Kier molecular flexibility index (Phi) is 4.85. The third kappa shape index (κ3) is 3.81. The Balaban J connectivity index is 1.45. The van der Waals surface area contributed by atoms with Crippen LogP contribution in [0.15, 0.2) is 60.9 Å². The highest BCUT2D eigenvalue weighted by Crippen LogP contribution is 2.15. The molecule has 0 spiro atoms. The molecule has 3 N–H and O–H groups in total. The zero-order valence-electron chi connectivity index (χ0n) is 16.4. The molecule has 0 radical (unpaired) electrons. The molecular weight excluding hydrogens is 382 g/mol. The predicted octanol–water partition coefficient (Wildman–Crippen LogP) is 2.42. The van der Waals surface area contributed by atoms with Gasteiger partial charge >= 0.3 is 0 Å². The molecule has 150 valence electrons. The number of hydrogen-bond acceptors (Lipinski definition) is 5. The highest BCUT2D eigenvalue weighted by molar-refractivity contribution is 6.04. The summed E-state index contributed by atoms with van der Waals surface area (Å²) >= 11 is 0. The first-order chi connectivity index (χ1) is 14.4. The molecule has 4 aromatic rings. The van der Waals surface area contributed by atoms with Crippen LogP contribution in [-0.2, 0) is 0 Å². The van der Waals surface area contributed by atoms with Gasteiger partial charge in [-0.3, -0.25) is 9.59 Å². The third-order valence-corrected chi connectivity index (χ3v) is 4.47. The van der Waals surface area contributed by atoms with Crippen molar-refractivity contribution >= 4 is 17.5 Å². The van der Waals surface area contributed by atoms with Crippen LogP contribution in [-0.4, -0.2) is 36.4 Å². The number of aryl methyl sites for hydroxylation is 2. The van der Waals surface area contributed by atoms with E-state index in [1.807, 2.05) is 19.9 Å². The first-order valence-corrected chi connectivity index (χ1v) is 9.18. The van der Waals surface area contributed by atoms with Crippen LogP contribution in [0.2, 0.25) is 0 Å². The highest BCUT2D eigenvalue weighted by Gasteiger charge is 2.10. The molecule has 3 heterocycles. The van der Waals surface area contributed by atoms with Crippen LogP contribution in [0.1, 0.15) is 32.2 Å². The standard InChI is InChI=1S/C21H19N7O2/c1-13-11-14(2)28(25-13)19-8-3-15(12-23-19)21(30)24-16-4-6-17(7-5-16)27-10-9-18(26-27)20(22)29/h3-12H,1-2H3,(H2,22,29)(H,24,30). The molecule has 2 amide bonds. The van der Waals surface area contributed by atoms with E-state index in [9.17, 15) is 9.59 Å². The van der Waals surface area contributed by atoms with Crippen LogP contribution in [0.5, 0.6) is 0 Å². The summed E-state index contributed by atoms with van der Waals surface area (Å²) in [4.78, 5) is 28.0. The van der Waals surface area contributed by atoms with E-state index in [0.29, 0.717) is 17.1 Å². The van der Waals surface area contributed by atoms with E-state index in [0.717, 1.165) is 17.1 Å². The van der Waals surface area contributed by atoms with Crippen molar-refractivity contribution in [3.63, 3.8) is 0 Å². The number of anilines is 1. The van der Waals surface area contributed by atoms with Gasteiger partial charge in [-0.25, -0.2) is 14.3 Å². The molecule has 0 saturated heterocycles. The molecule has 0 unspecified atom stereocenters. The van der Waals surface area contributed by atoms with Crippen molar-refractivity contribution in [3.05, 3.63) is 83.6 Å². The van der Waals surface area contributed by atoms with E-state index < -0.39 is 5.91 Å². The van der Waals surface area contributed by atoms with Gasteiger partial charge in [0.25, 0.3) is 11.8 Å². The minimum Gasteiger partial charge on any atom is -0.364 e. The molecule has 1 aromatic carbocycles. The minimum atomic E-state index is -0.588. The van der Waals surface area contributed by atoms with Crippen molar-refractivity contribution in [2.45, 2.75) is 13.8 Å². The van der Waals surface area contributed by atoms with Crippen LogP contribution >= 0.6 is 0 Å². The summed E-state index contributed by atoms with van der Waals surface area (Å²) in [6.45, 7) is 3.86. The highest BCUT2D eigenvalue weighted by atomic mass is 16.2. The molecule has 0 fully saturated rings. The van der Waals surface area contributed by atoms with Gasteiger partial charge in [0, 0.05) is 23.8 Å². The number of primary amides is 1. The fraction of sp³-hybridized carbons (Fsp3) is 0.0952. The minimum absolute atomic E-state index is 0.184. The number of benzene rings is 1. The lowest BCUT2D eigenvalue weighted by Crippen LogP contribution is -2.13. The van der Waals surface area contributed by atoms with Crippen LogP contribution in [0.3, 0.4) is 0 Å². The Bertz CT molecular complexity index is 1220. The Morgan fingerprint density at radius 3 is 2.33 bits per heavy atom. The monoisotopic (exact) mass is 401 g/mol. The molecule has 0 bridgehead atoms. The number of rotatable bonds is 5. The summed E-state index contributed by atoms with van der Waals surface area (Å²) in [6.07, 6.45) is 3.16. The van der Waals surface area contributed by atoms with Crippen molar-refractivity contribution in [2.24, 2.45) is 5.73 Å². The van der Waals surface area contributed by atoms with Gasteiger partial charge in [0.05, 0.1) is 16.9 Å².